The predicted molar refractivity (Wildman–Crippen MR) is 180 cm³/mol. The third kappa shape index (κ3) is 8.73. The van der Waals surface area contributed by atoms with Crippen molar-refractivity contribution in [3.05, 3.63) is 67.6 Å². The Kier molecular flexibility index (Phi) is 12.5. The van der Waals surface area contributed by atoms with E-state index in [4.69, 9.17) is 51.2 Å². The second-order valence-electron chi connectivity index (χ2n) is 11.8. The summed E-state index contributed by atoms with van der Waals surface area (Å²) in [4.78, 5) is 39.8. The molecule has 2 saturated heterocycles. The molecule has 2 fully saturated rings. The molecule has 2 heterocycles. The molecule has 8 nitrogen and oxygen atoms in total. The first-order valence-corrected chi connectivity index (χ1v) is 16.6. The van der Waals surface area contributed by atoms with E-state index in [1.54, 1.807) is 36.2 Å². The van der Waals surface area contributed by atoms with Crippen molar-refractivity contribution in [1.29, 1.82) is 0 Å². The maximum absolute atomic E-state index is 13.3. The predicted octanol–water partition coefficient (Wildman–Crippen LogP) is 7.55. The van der Waals surface area contributed by atoms with E-state index in [0.717, 1.165) is 64.0 Å². The van der Waals surface area contributed by atoms with E-state index in [-0.39, 0.29) is 36.5 Å². The molecule has 4 rings (SSSR count). The third-order valence-electron chi connectivity index (χ3n) is 8.46. The van der Waals surface area contributed by atoms with E-state index in [1.165, 1.54) is 7.11 Å². The average molecular weight is 686 g/mol. The molecule has 0 aliphatic carbocycles. The van der Waals surface area contributed by atoms with E-state index in [9.17, 15) is 9.59 Å². The number of nitrogens with zero attached hydrogens (tertiary/aromatic N) is 5. The molecule has 240 valence electrons. The quantitative estimate of drug-likeness (QED) is 0.181. The minimum absolute atomic E-state index is 0.170. The molecule has 1 atom stereocenters. The van der Waals surface area contributed by atoms with Gasteiger partial charge in [-0.2, -0.15) is 0 Å². The summed E-state index contributed by atoms with van der Waals surface area (Å²) in [6, 6.07) is 11.0. The Morgan fingerprint density at radius 2 is 1.68 bits per heavy atom. The van der Waals surface area contributed by atoms with Gasteiger partial charge in [0.2, 0.25) is 0 Å². The number of rotatable bonds is 11. The van der Waals surface area contributed by atoms with Gasteiger partial charge in [-0.15, -0.1) is 0 Å². The fraction of sp³-hybridized carbons (Fsp3) is 0.531. The molecule has 0 radical (unpaired) electrons. The highest BCUT2D eigenvalue weighted by Gasteiger charge is 2.34. The zero-order chi connectivity index (χ0) is 32.0. The number of hydrogen-bond donors (Lipinski definition) is 0. The summed E-state index contributed by atoms with van der Waals surface area (Å²) in [7, 11) is 3.21. The monoisotopic (exact) mass is 683 g/mol. The molecular formula is C32H41Cl4N5O3. The number of urea groups is 1. The van der Waals surface area contributed by atoms with Gasteiger partial charge in [0.15, 0.2) is 0 Å². The average Bonchev–Trinajstić information content (AvgIpc) is 2.98. The zero-order valence-electron chi connectivity index (χ0n) is 25.7. The van der Waals surface area contributed by atoms with Crippen LogP contribution in [0.2, 0.25) is 20.1 Å². The van der Waals surface area contributed by atoms with Crippen LogP contribution in [0.4, 0.5) is 4.79 Å². The maximum Gasteiger partial charge on any atom is 0.320 e. The van der Waals surface area contributed by atoms with Crippen LogP contribution in [0.5, 0.6) is 0 Å². The van der Waals surface area contributed by atoms with Gasteiger partial charge in [0.05, 0.1) is 22.3 Å². The second-order valence-corrected chi connectivity index (χ2v) is 13.5. The molecule has 0 bridgehead atoms. The highest BCUT2D eigenvalue weighted by Crippen LogP contribution is 2.31. The number of benzene rings is 2. The maximum atomic E-state index is 13.3. The van der Waals surface area contributed by atoms with Crippen molar-refractivity contribution in [2.24, 2.45) is 5.16 Å². The van der Waals surface area contributed by atoms with E-state index in [2.05, 4.69) is 28.8 Å². The second kappa shape index (κ2) is 15.9. The van der Waals surface area contributed by atoms with E-state index in [0.29, 0.717) is 31.4 Å². The van der Waals surface area contributed by atoms with Crippen LogP contribution in [0, 0.1) is 0 Å². The Balaban J connectivity index is 1.46. The van der Waals surface area contributed by atoms with Crippen LogP contribution in [0.1, 0.15) is 61.4 Å². The fourth-order valence-corrected chi connectivity index (χ4v) is 6.97. The molecular weight excluding hydrogens is 644 g/mol. The van der Waals surface area contributed by atoms with Crippen molar-refractivity contribution in [3.63, 3.8) is 0 Å². The minimum Gasteiger partial charge on any atom is -0.399 e. The number of hydrogen-bond acceptors (Lipinski definition) is 5. The molecule has 0 spiro atoms. The van der Waals surface area contributed by atoms with E-state index < -0.39 is 0 Å². The molecule has 12 heteroatoms. The number of likely N-dealkylation sites (tertiary alicyclic amines) is 1. The molecule has 3 amide bonds. The van der Waals surface area contributed by atoms with Gasteiger partial charge >= 0.3 is 6.03 Å². The Labute approximate surface area is 280 Å². The number of halogens is 4. The molecule has 44 heavy (non-hydrogen) atoms. The zero-order valence-corrected chi connectivity index (χ0v) is 28.8. The third-order valence-corrected chi connectivity index (χ3v) is 9.63. The van der Waals surface area contributed by atoms with Gasteiger partial charge in [-0.25, -0.2) is 4.79 Å². The number of amides is 3. The summed E-state index contributed by atoms with van der Waals surface area (Å²) < 4.78 is 0. The minimum atomic E-state index is -0.239. The number of oxime groups is 1. The molecule has 2 aromatic rings. The van der Waals surface area contributed by atoms with Gasteiger partial charge in [0.1, 0.15) is 7.11 Å². The van der Waals surface area contributed by atoms with E-state index in [1.807, 2.05) is 17.0 Å². The first-order valence-electron chi connectivity index (χ1n) is 15.0. The van der Waals surface area contributed by atoms with E-state index >= 15 is 0 Å². The molecule has 0 unspecified atom stereocenters. The first kappa shape index (κ1) is 34.6. The molecule has 2 aromatic carbocycles. The van der Waals surface area contributed by atoms with Crippen LogP contribution in [0.3, 0.4) is 0 Å². The van der Waals surface area contributed by atoms with Crippen LogP contribution < -0.4 is 0 Å². The van der Waals surface area contributed by atoms with Gasteiger partial charge in [-0.1, -0.05) is 57.6 Å². The Hall–Kier alpha value is -2.23. The van der Waals surface area contributed by atoms with Crippen LogP contribution in [0.25, 0.3) is 0 Å². The molecule has 0 N–H and O–H groups in total. The van der Waals surface area contributed by atoms with Gasteiger partial charge in [0.25, 0.3) is 5.91 Å². The van der Waals surface area contributed by atoms with Crippen LogP contribution >= 0.6 is 46.4 Å². The lowest BCUT2D eigenvalue weighted by Crippen LogP contribution is -2.57. The summed E-state index contributed by atoms with van der Waals surface area (Å²) in [6.45, 7) is 8.63. The highest BCUT2D eigenvalue weighted by molar-refractivity contribution is 6.42. The van der Waals surface area contributed by atoms with Crippen LogP contribution in [-0.4, -0.2) is 103 Å². The first-order chi connectivity index (χ1) is 21.0. The summed E-state index contributed by atoms with van der Waals surface area (Å²) in [6.07, 6.45) is 3.61. The summed E-state index contributed by atoms with van der Waals surface area (Å²) in [5.41, 5.74) is 2.00. The van der Waals surface area contributed by atoms with Gasteiger partial charge in [-0.3, -0.25) is 4.79 Å². The SMILES string of the molecule is CO/N=C(\CN(C)C(=O)c1cc(Cl)cc(Cl)c1)[C@H](CCN1CCC(N2CCCN(C(C)C)C2=O)CC1)c1ccc(Cl)c(Cl)c1. The van der Waals surface area contributed by atoms with Crippen LogP contribution in [-0.2, 0) is 4.84 Å². The van der Waals surface area contributed by atoms with Crippen LogP contribution in [0.15, 0.2) is 41.6 Å². The lowest BCUT2D eigenvalue weighted by Gasteiger charge is -2.44. The number of carbonyl (C=O) groups excluding carboxylic acids is 2. The van der Waals surface area contributed by atoms with Crippen molar-refractivity contribution in [2.45, 2.75) is 57.5 Å². The number of carbonyl (C=O) groups is 2. The molecule has 2 aliphatic rings. The molecule has 0 saturated carbocycles. The Morgan fingerprint density at radius 1 is 1.00 bits per heavy atom. The Morgan fingerprint density at radius 3 is 2.30 bits per heavy atom. The topological polar surface area (TPSA) is 68.7 Å². The largest absolute Gasteiger partial charge is 0.399 e. The van der Waals surface area contributed by atoms with Gasteiger partial charge in [0, 0.05) is 66.8 Å². The summed E-state index contributed by atoms with van der Waals surface area (Å²) >= 11 is 25.0. The summed E-state index contributed by atoms with van der Waals surface area (Å²) in [5, 5.41) is 6.09. The smallest absolute Gasteiger partial charge is 0.320 e. The molecule has 2 aliphatic heterocycles. The normalized spacial score (nSPS) is 17.8. The van der Waals surface area contributed by atoms with Crippen molar-refractivity contribution in [2.75, 3.05) is 53.4 Å². The summed E-state index contributed by atoms with van der Waals surface area (Å²) in [5.74, 6) is -0.430. The van der Waals surface area contributed by atoms with Gasteiger partial charge < -0.3 is 24.4 Å². The standard InChI is InChI=1S/C32H41Cl4N5O3/c1-21(2)40-11-5-12-41(32(40)43)26-8-13-39(14-9-26)15-10-27(22-6-7-28(35)29(36)18-22)30(37-44-4)20-38(3)31(42)23-16-24(33)19-25(34)17-23/h6-7,16-19,21,26-27H,5,8-15,20H2,1-4H3/b37-30+/t27-/m1/s1. The van der Waals surface area contributed by atoms with Crippen molar-refractivity contribution in [1.82, 2.24) is 19.6 Å². The van der Waals surface area contributed by atoms with Gasteiger partial charge in [-0.05, 0) is 82.0 Å². The highest BCUT2D eigenvalue weighted by atomic mass is 35.5. The van der Waals surface area contributed by atoms with Crippen molar-refractivity contribution < 1.29 is 14.4 Å². The number of piperidine rings is 1. The fourth-order valence-electron chi connectivity index (χ4n) is 6.14. The van der Waals surface area contributed by atoms with Crippen molar-refractivity contribution in [3.8, 4) is 0 Å². The Bertz CT molecular complexity index is 1330. The van der Waals surface area contributed by atoms with Crippen molar-refractivity contribution >= 4 is 64.1 Å². The molecule has 0 aromatic heterocycles. The lowest BCUT2D eigenvalue weighted by molar-refractivity contribution is 0.0698. The lowest BCUT2D eigenvalue weighted by atomic mass is 9.89.